The average molecular weight is 424 g/mol. The van der Waals surface area contributed by atoms with Crippen molar-refractivity contribution in [2.45, 2.75) is 0 Å². The minimum Gasteiger partial charge on any atom is -0.465 e. The van der Waals surface area contributed by atoms with Crippen LogP contribution < -0.4 is 4.90 Å². The van der Waals surface area contributed by atoms with E-state index in [1.807, 2.05) is 0 Å². The summed E-state index contributed by atoms with van der Waals surface area (Å²) in [7, 11) is 1.32. The van der Waals surface area contributed by atoms with Gasteiger partial charge in [-0.2, -0.15) is 0 Å². The number of methoxy groups -OCH3 is 1. The summed E-state index contributed by atoms with van der Waals surface area (Å²) in [6.45, 7) is 0. The molecule has 1 amide bonds. The summed E-state index contributed by atoms with van der Waals surface area (Å²) >= 11 is 18.5. The number of thiocarbonyl (C=S) groups is 1. The lowest BCUT2D eigenvalue weighted by Gasteiger charge is -2.15. The molecule has 3 rings (SSSR count). The van der Waals surface area contributed by atoms with Gasteiger partial charge in [-0.05, 0) is 42.0 Å². The lowest BCUT2D eigenvalue weighted by molar-refractivity contribution is -0.113. The summed E-state index contributed by atoms with van der Waals surface area (Å²) < 4.78 is 5.07. The molecule has 0 saturated carbocycles. The molecular weight excluding hydrogens is 413 g/mol. The number of rotatable bonds is 3. The maximum Gasteiger partial charge on any atom is 0.337 e. The van der Waals surface area contributed by atoms with Gasteiger partial charge in [0, 0.05) is 0 Å². The number of ether oxygens (including phenoxy) is 1. The molecule has 0 aromatic heterocycles. The zero-order chi connectivity index (χ0) is 18.8. The van der Waals surface area contributed by atoms with Crippen LogP contribution in [0.4, 0.5) is 5.69 Å². The molecule has 132 valence electrons. The lowest BCUT2D eigenvalue weighted by atomic mass is 10.1. The van der Waals surface area contributed by atoms with Crippen molar-refractivity contribution < 1.29 is 14.3 Å². The van der Waals surface area contributed by atoms with Gasteiger partial charge >= 0.3 is 5.97 Å². The number of halogens is 2. The monoisotopic (exact) mass is 423 g/mol. The fraction of sp³-hybridized carbons (Fsp3) is 0.0556. The Morgan fingerprint density at radius 2 is 1.85 bits per heavy atom. The van der Waals surface area contributed by atoms with Crippen molar-refractivity contribution in [1.82, 2.24) is 0 Å². The zero-order valence-electron chi connectivity index (χ0n) is 13.4. The summed E-state index contributed by atoms with van der Waals surface area (Å²) in [5, 5.41) is 0.752. The molecule has 0 radical (unpaired) electrons. The topological polar surface area (TPSA) is 46.6 Å². The number of amides is 1. The van der Waals surface area contributed by atoms with Crippen molar-refractivity contribution in [2.75, 3.05) is 12.0 Å². The van der Waals surface area contributed by atoms with Gasteiger partial charge in [0.15, 0.2) is 4.32 Å². The summed E-state index contributed by atoms with van der Waals surface area (Å²) in [4.78, 5) is 26.1. The largest absolute Gasteiger partial charge is 0.465 e. The van der Waals surface area contributed by atoms with Crippen molar-refractivity contribution in [3.63, 3.8) is 0 Å². The van der Waals surface area contributed by atoms with E-state index in [9.17, 15) is 9.59 Å². The number of carbonyl (C=O) groups excluding carboxylic acids is 2. The van der Waals surface area contributed by atoms with Crippen molar-refractivity contribution >= 4 is 75.1 Å². The zero-order valence-corrected chi connectivity index (χ0v) is 16.5. The molecule has 8 heteroatoms. The van der Waals surface area contributed by atoms with Crippen molar-refractivity contribution in [1.29, 1.82) is 0 Å². The van der Waals surface area contributed by atoms with Gasteiger partial charge in [-0.25, -0.2) is 4.79 Å². The fourth-order valence-electron chi connectivity index (χ4n) is 2.30. The molecule has 1 heterocycles. The second kappa shape index (κ2) is 7.80. The average Bonchev–Trinajstić information content (AvgIpc) is 2.91. The Morgan fingerprint density at radius 3 is 2.46 bits per heavy atom. The Kier molecular flexibility index (Phi) is 5.67. The van der Waals surface area contributed by atoms with Crippen LogP contribution in [-0.2, 0) is 9.53 Å². The van der Waals surface area contributed by atoms with Crippen LogP contribution in [0.2, 0.25) is 10.0 Å². The van der Waals surface area contributed by atoms with Gasteiger partial charge in [0.2, 0.25) is 0 Å². The van der Waals surface area contributed by atoms with Gasteiger partial charge < -0.3 is 4.74 Å². The summed E-state index contributed by atoms with van der Waals surface area (Å²) in [5.41, 5.74) is 1.77. The highest BCUT2D eigenvalue weighted by Gasteiger charge is 2.33. The third kappa shape index (κ3) is 3.78. The first-order chi connectivity index (χ1) is 12.4. The standard InChI is InChI=1S/C18H11Cl2NO3S2/c1-24-17(23)11-4-2-10(3-5-11)8-15-16(22)21(18(25)26-15)12-6-7-13(19)14(20)9-12/h2-9H,1H3/b15-8-. The van der Waals surface area contributed by atoms with Gasteiger partial charge in [-0.15, -0.1) is 0 Å². The summed E-state index contributed by atoms with van der Waals surface area (Å²) in [5.74, 6) is -0.655. The minimum atomic E-state index is -0.414. The number of carbonyl (C=O) groups is 2. The van der Waals surface area contributed by atoms with Crippen LogP contribution in [0.1, 0.15) is 15.9 Å². The van der Waals surface area contributed by atoms with Crippen LogP contribution in [-0.4, -0.2) is 23.3 Å². The van der Waals surface area contributed by atoms with Crippen LogP contribution in [0.3, 0.4) is 0 Å². The Labute approximate surface area is 169 Å². The predicted molar refractivity (Wildman–Crippen MR) is 110 cm³/mol. The van der Waals surface area contributed by atoms with E-state index in [4.69, 9.17) is 35.4 Å². The predicted octanol–water partition coefficient (Wildman–Crippen LogP) is 5.19. The smallest absolute Gasteiger partial charge is 0.337 e. The van der Waals surface area contributed by atoms with E-state index in [1.165, 1.54) is 23.8 Å². The van der Waals surface area contributed by atoms with Crippen molar-refractivity contribution in [3.8, 4) is 0 Å². The third-order valence-corrected chi connectivity index (χ3v) is 5.63. The molecule has 0 aliphatic carbocycles. The second-order valence-corrected chi connectivity index (χ2v) is 7.72. The Bertz CT molecular complexity index is 942. The molecule has 0 unspecified atom stereocenters. The highest BCUT2D eigenvalue weighted by Crippen LogP contribution is 2.37. The summed E-state index contributed by atoms with van der Waals surface area (Å²) in [6, 6.07) is 11.6. The number of hydrogen-bond acceptors (Lipinski definition) is 5. The van der Waals surface area contributed by atoms with Crippen LogP contribution in [0, 0.1) is 0 Å². The first kappa shape index (κ1) is 18.9. The maximum absolute atomic E-state index is 12.7. The van der Waals surface area contributed by atoms with E-state index in [0.29, 0.717) is 30.5 Å². The molecule has 4 nitrogen and oxygen atoms in total. The first-order valence-electron chi connectivity index (χ1n) is 7.32. The molecule has 1 aliphatic heterocycles. The molecule has 0 spiro atoms. The molecule has 2 aromatic carbocycles. The molecule has 1 fully saturated rings. The van der Waals surface area contributed by atoms with E-state index >= 15 is 0 Å². The van der Waals surface area contributed by atoms with Gasteiger partial charge in [0.05, 0.1) is 33.3 Å². The van der Waals surface area contributed by atoms with Crippen LogP contribution >= 0.6 is 47.2 Å². The van der Waals surface area contributed by atoms with E-state index in [0.717, 1.165) is 5.56 Å². The molecule has 0 N–H and O–H groups in total. The lowest BCUT2D eigenvalue weighted by Crippen LogP contribution is -2.27. The highest BCUT2D eigenvalue weighted by atomic mass is 35.5. The quantitative estimate of drug-likeness (QED) is 0.386. The van der Waals surface area contributed by atoms with Crippen LogP contribution in [0.25, 0.3) is 6.08 Å². The number of benzene rings is 2. The van der Waals surface area contributed by atoms with Gasteiger partial charge in [-0.1, -0.05) is 59.3 Å². The van der Waals surface area contributed by atoms with E-state index in [2.05, 4.69) is 4.74 Å². The van der Waals surface area contributed by atoms with Crippen molar-refractivity contribution in [3.05, 3.63) is 68.5 Å². The number of hydrogen-bond donors (Lipinski definition) is 0. The molecule has 2 aromatic rings. The van der Waals surface area contributed by atoms with Crippen LogP contribution in [0.15, 0.2) is 47.4 Å². The first-order valence-corrected chi connectivity index (χ1v) is 9.30. The van der Waals surface area contributed by atoms with Gasteiger partial charge in [0.25, 0.3) is 5.91 Å². The molecule has 26 heavy (non-hydrogen) atoms. The third-order valence-electron chi connectivity index (χ3n) is 3.58. The van der Waals surface area contributed by atoms with E-state index in [1.54, 1.807) is 48.5 Å². The summed E-state index contributed by atoms with van der Waals surface area (Å²) in [6.07, 6.45) is 1.72. The Hall–Kier alpha value is -1.86. The SMILES string of the molecule is COC(=O)c1ccc(/C=C2\SC(=S)N(c3ccc(Cl)c(Cl)c3)C2=O)cc1. The number of anilines is 1. The Morgan fingerprint density at radius 1 is 1.15 bits per heavy atom. The van der Waals surface area contributed by atoms with Crippen molar-refractivity contribution in [2.24, 2.45) is 0 Å². The van der Waals surface area contributed by atoms with Gasteiger partial charge in [0.1, 0.15) is 0 Å². The van der Waals surface area contributed by atoms with Crippen LogP contribution in [0.5, 0.6) is 0 Å². The number of thioether (sulfide) groups is 1. The molecule has 1 saturated heterocycles. The molecular formula is C18H11Cl2NO3S2. The highest BCUT2D eigenvalue weighted by molar-refractivity contribution is 8.27. The number of esters is 1. The molecule has 0 atom stereocenters. The normalized spacial score (nSPS) is 15.7. The molecule has 0 bridgehead atoms. The number of nitrogens with zero attached hydrogens (tertiary/aromatic N) is 1. The minimum absolute atomic E-state index is 0.240. The Balaban J connectivity index is 1.87. The van der Waals surface area contributed by atoms with E-state index in [-0.39, 0.29) is 5.91 Å². The van der Waals surface area contributed by atoms with Gasteiger partial charge in [-0.3, -0.25) is 9.69 Å². The fourth-order valence-corrected chi connectivity index (χ4v) is 3.89. The maximum atomic E-state index is 12.7. The molecule has 1 aliphatic rings. The van der Waals surface area contributed by atoms with E-state index < -0.39 is 5.97 Å². The second-order valence-electron chi connectivity index (χ2n) is 5.23.